The van der Waals surface area contributed by atoms with Crippen LogP contribution in [0.1, 0.15) is 111 Å². The summed E-state index contributed by atoms with van der Waals surface area (Å²) in [6, 6.07) is 10.0. The fourth-order valence-corrected chi connectivity index (χ4v) is 9.74. The molecule has 5 rings (SSSR count). The molecule has 0 amide bonds. The van der Waals surface area contributed by atoms with Crippen molar-refractivity contribution < 1.29 is 9.53 Å². The smallest absolute Gasteiger partial charge is 0.310 e. The van der Waals surface area contributed by atoms with Crippen molar-refractivity contribution in [2.75, 3.05) is 0 Å². The highest BCUT2D eigenvalue weighted by Gasteiger charge is 2.59. The maximum atomic E-state index is 12.7. The third-order valence-corrected chi connectivity index (χ3v) is 11.7. The van der Waals surface area contributed by atoms with Crippen LogP contribution in [0.2, 0.25) is 0 Å². The summed E-state index contributed by atoms with van der Waals surface area (Å²) < 4.78 is 6.02. The van der Waals surface area contributed by atoms with Crippen molar-refractivity contribution in [1.82, 2.24) is 0 Å². The van der Waals surface area contributed by atoms with Gasteiger partial charge >= 0.3 is 5.97 Å². The van der Waals surface area contributed by atoms with Crippen LogP contribution in [-0.4, -0.2) is 12.1 Å². The summed E-state index contributed by atoms with van der Waals surface area (Å²) in [5.41, 5.74) is 3.51. The van der Waals surface area contributed by atoms with Gasteiger partial charge in [-0.3, -0.25) is 4.79 Å². The number of hydrogen-bond acceptors (Lipinski definition) is 2. The number of carbonyl (C=O) groups is 1. The Hall–Kier alpha value is -1.57. The van der Waals surface area contributed by atoms with E-state index in [0.717, 1.165) is 53.9 Å². The Morgan fingerprint density at radius 2 is 1.76 bits per heavy atom. The Morgan fingerprint density at radius 3 is 2.51 bits per heavy atom. The molecule has 0 saturated heterocycles. The molecule has 0 aromatic heterocycles. The minimum atomic E-state index is -0.0676. The zero-order valence-electron chi connectivity index (χ0n) is 24.3. The second-order valence-electron chi connectivity index (χ2n) is 14.3. The van der Waals surface area contributed by atoms with E-state index in [2.05, 4.69) is 40.7 Å². The molecule has 8 atom stereocenters. The van der Waals surface area contributed by atoms with Crippen LogP contribution in [0.5, 0.6) is 0 Å². The van der Waals surface area contributed by atoms with Gasteiger partial charge in [0.1, 0.15) is 6.10 Å². The molecule has 4 aliphatic rings. The first kappa shape index (κ1) is 27.0. The quantitative estimate of drug-likeness (QED) is 0.260. The molecule has 204 valence electrons. The van der Waals surface area contributed by atoms with Gasteiger partial charge < -0.3 is 4.74 Å². The highest BCUT2D eigenvalue weighted by atomic mass is 16.5. The summed E-state index contributed by atoms with van der Waals surface area (Å²) in [5, 5.41) is 0. The van der Waals surface area contributed by atoms with E-state index in [1.807, 2.05) is 30.3 Å². The second-order valence-corrected chi connectivity index (χ2v) is 14.3. The van der Waals surface area contributed by atoms with E-state index in [9.17, 15) is 4.79 Å². The Morgan fingerprint density at radius 1 is 0.973 bits per heavy atom. The molecular formula is C35H52O2. The van der Waals surface area contributed by atoms with E-state index in [4.69, 9.17) is 4.74 Å². The number of benzene rings is 1. The Kier molecular flexibility index (Phi) is 7.95. The molecule has 0 spiro atoms. The van der Waals surface area contributed by atoms with Gasteiger partial charge in [0, 0.05) is 6.42 Å². The molecule has 2 heteroatoms. The highest BCUT2D eigenvalue weighted by Crippen LogP contribution is 2.67. The summed E-state index contributed by atoms with van der Waals surface area (Å²) in [7, 11) is 0. The molecule has 2 nitrogen and oxygen atoms in total. The standard InChI is InChI=1S/C35H52O2/c1-24(2)10-9-11-25(3)30-16-17-31-29-15-14-27-23-28(37-33(36)22-26-12-7-6-8-13-26)18-20-34(27,4)32(29)19-21-35(30,31)5/h6-8,12-14,24-25,28-32H,9-11,15-23H2,1-5H3/t25-,28-,29+,30-,31+,32+,34-,35-/m0/s1. The monoisotopic (exact) mass is 504 g/mol. The lowest BCUT2D eigenvalue weighted by Gasteiger charge is -2.58. The van der Waals surface area contributed by atoms with Crippen LogP contribution in [0.3, 0.4) is 0 Å². The number of esters is 1. The Balaban J connectivity index is 1.22. The third kappa shape index (κ3) is 5.33. The van der Waals surface area contributed by atoms with Crippen LogP contribution >= 0.6 is 0 Å². The number of hydrogen-bond donors (Lipinski definition) is 0. The largest absolute Gasteiger partial charge is 0.462 e. The molecular weight excluding hydrogens is 452 g/mol. The lowest BCUT2D eigenvalue weighted by Crippen LogP contribution is -2.51. The maximum Gasteiger partial charge on any atom is 0.310 e. The van der Waals surface area contributed by atoms with E-state index in [-0.39, 0.29) is 12.1 Å². The third-order valence-electron chi connectivity index (χ3n) is 11.7. The number of carbonyl (C=O) groups excluding carboxylic acids is 1. The minimum Gasteiger partial charge on any atom is -0.462 e. The fourth-order valence-electron chi connectivity index (χ4n) is 9.74. The average molecular weight is 505 g/mol. The van der Waals surface area contributed by atoms with Gasteiger partial charge in [-0.25, -0.2) is 0 Å². The van der Waals surface area contributed by atoms with Crippen molar-refractivity contribution in [2.45, 2.75) is 118 Å². The molecule has 0 radical (unpaired) electrons. The van der Waals surface area contributed by atoms with Crippen molar-refractivity contribution in [1.29, 1.82) is 0 Å². The van der Waals surface area contributed by atoms with Crippen LogP contribution in [0.4, 0.5) is 0 Å². The molecule has 0 bridgehead atoms. The van der Waals surface area contributed by atoms with Crippen molar-refractivity contribution in [3.8, 4) is 0 Å². The Bertz CT molecular complexity index is 963. The topological polar surface area (TPSA) is 26.3 Å². The summed E-state index contributed by atoms with van der Waals surface area (Å²) in [6.45, 7) is 12.6. The maximum absolute atomic E-state index is 12.7. The molecule has 3 saturated carbocycles. The summed E-state index contributed by atoms with van der Waals surface area (Å²) in [4.78, 5) is 12.7. The van der Waals surface area contributed by atoms with Crippen LogP contribution in [0.25, 0.3) is 0 Å². The summed E-state index contributed by atoms with van der Waals surface area (Å²) >= 11 is 0. The first-order valence-corrected chi connectivity index (χ1v) is 15.6. The molecule has 37 heavy (non-hydrogen) atoms. The van der Waals surface area contributed by atoms with Gasteiger partial charge in [0.15, 0.2) is 0 Å². The van der Waals surface area contributed by atoms with Crippen LogP contribution in [0, 0.1) is 46.3 Å². The van der Waals surface area contributed by atoms with Gasteiger partial charge in [0.2, 0.25) is 0 Å². The molecule has 0 heterocycles. The fraction of sp³-hybridized carbons (Fsp3) is 0.743. The predicted octanol–water partition coefficient (Wildman–Crippen LogP) is 9.18. The molecule has 3 fully saturated rings. The van der Waals surface area contributed by atoms with Gasteiger partial charge in [-0.2, -0.15) is 0 Å². The molecule has 1 aromatic carbocycles. The van der Waals surface area contributed by atoms with E-state index >= 15 is 0 Å². The van der Waals surface area contributed by atoms with Crippen molar-refractivity contribution >= 4 is 5.97 Å². The van der Waals surface area contributed by atoms with Crippen LogP contribution in [-0.2, 0) is 16.0 Å². The second kappa shape index (κ2) is 10.9. The predicted molar refractivity (Wildman–Crippen MR) is 153 cm³/mol. The first-order valence-electron chi connectivity index (χ1n) is 15.6. The minimum absolute atomic E-state index is 0.0588. The van der Waals surface area contributed by atoms with Gasteiger partial charge in [-0.15, -0.1) is 0 Å². The van der Waals surface area contributed by atoms with Gasteiger partial charge in [-0.05, 0) is 96.8 Å². The highest BCUT2D eigenvalue weighted by molar-refractivity contribution is 5.72. The SMILES string of the molecule is CC(C)CCC[C@H](C)[C@@H]1CC[C@@H]2[C@H]3CC=C4C[C@@H](OC(=O)Cc5ccccc5)CC[C@]4(C)[C@@H]3CC[C@]21C. The molecule has 0 unspecified atom stereocenters. The lowest BCUT2D eigenvalue weighted by atomic mass is 9.47. The van der Waals surface area contributed by atoms with Crippen molar-refractivity contribution in [3.05, 3.63) is 47.5 Å². The lowest BCUT2D eigenvalue weighted by molar-refractivity contribution is -0.150. The zero-order valence-corrected chi connectivity index (χ0v) is 24.3. The Labute approximate surface area is 227 Å². The average Bonchev–Trinajstić information content (AvgIpc) is 3.22. The van der Waals surface area contributed by atoms with Gasteiger partial charge in [-0.1, -0.05) is 95.9 Å². The van der Waals surface area contributed by atoms with Crippen molar-refractivity contribution in [2.24, 2.45) is 46.3 Å². The molecule has 4 aliphatic carbocycles. The van der Waals surface area contributed by atoms with Gasteiger partial charge in [0.05, 0.1) is 6.42 Å². The van der Waals surface area contributed by atoms with E-state index in [1.165, 1.54) is 57.8 Å². The van der Waals surface area contributed by atoms with Gasteiger partial charge in [0.25, 0.3) is 0 Å². The summed E-state index contributed by atoms with van der Waals surface area (Å²) in [5.74, 6) is 5.14. The number of allylic oxidation sites excluding steroid dienone is 1. The van der Waals surface area contributed by atoms with Crippen molar-refractivity contribution in [3.63, 3.8) is 0 Å². The summed E-state index contributed by atoms with van der Waals surface area (Å²) in [6.07, 6.45) is 17.4. The number of rotatable bonds is 8. The van der Waals surface area contributed by atoms with E-state index < -0.39 is 0 Å². The van der Waals surface area contributed by atoms with E-state index in [1.54, 1.807) is 5.57 Å². The molecule has 0 aliphatic heterocycles. The zero-order chi connectivity index (χ0) is 26.2. The number of ether oxygens (including phenoxy) is 1. The normalized spacial score (nSPS) is 37.8. The molecule has 1 aromatic rings. The van der Waals surface area contributed by atoms with E-state index in [0.29, 0.717) is 17.3 Å². The molecule has 0 N–H and O–H groups in total. The number of fused-ring (bicyclic) bond motifs is 5. The first-order chi connectivity index (χ1) is 17.7. The van der Waals surface area contributed by atoms with Crippen LogP contribution in [0.15, 0.2) is 42.0 Å². The van der Waals surface area contributed by atoms with Crippen LogP contribution < -0.4 is 0 Å².